The Morgan fingerprint density at radius 2 is 2.08 bits per heavy atom. The number of nitrogen functional groups attached to an aromatic ring is 1. The third-order valence-electron chi connectivity index (χ3n) is 0.762. The lowest BCUT2D eigenvalue weighted by Crippen LogP contribution is -2.21. The van der Waals surface area contributed by atoms with E-state index in [4.69, 9.17) is 15.6 Å². The van der Waals surface area contributed by atoms with E-state index in [2.05, 4.69) is 10.2 Å². The molecule has 5 nitrogen and oxygen atoms in total. The zero-order valence-corrected chi connectivity index (χ0v) is 6.17. The lowest BCUT2D eigenvalue weighted by molar-refractivity contribution is -0.192. The number of rotatable bonds is 0. The van der Waals surface area contributed by atoms with Gasteiger partial charge in [-0.2, -0.15) is 18.3 Å². The molecule has 13 heavy (non-hydrogen) atoms. The van der Waals surface area contributed by atoms with E-state index in [1.165, 1.54) is 0 Å². The molecule has 0 unspecified atom stereocenters. The van der Waals surface area contributed by atoms with Crippen LogP contribution >= 0.6 is 0 Å². The van der Waals surface area contributed by atoms with Gasteiger partial charge in [0.1, 0.15) is 0 Å². The van der Waals surface area contributed by atoms with E-state index >= 15 is 0 Å². The number of carboxylic acid groups (broad SMARTS) is 1. The molecule has 1 rings (SSSR count). The zero-order valence-electron chi connectivity index (χ0n) is 6.17. The SMILES string of the molecule is Nc1cn[nH]c1.O=C(O)C(F)(F)F. The molecule has 74 valence electrons. The fourth-order valence-corrected chi connectivity index (χ4v) is 0.261. The Labute approximate surface area is 70.4 Å². The monoisotopic (exact) mass is 197 g/mol. The first-order chi connectivity index (χ1) is 5.84. The summed E-state index contributed by atoms with van der Waals surface area (Å²) < 4.78 is 31.7. The van der Waals surface area contributed by atoms with E-state index < -0.39 is 12.1 Å². The van der Waals surface area contributed by atoms with Gasteiger partial charge in [0.15, 0.2) is 0 Å². The molecule has 0 spiro atoms. The number of alkyl halides is 3. The number of nitrogens with zero attached hydrogens (tertiary/aromatic N) is 1. The van der Waals surface area contributed by atoms with E-state index in [0.717, 1.165) is 0 Å². The first-order valence-electron chi connectivity index (χ1n) is 2.88. The summed E-state index contributed by atoms with van der Waals surface area (Å²) >= 11 is 0. The van der Waals surface area contributed by atoms with E-state index in [1.54, 1.807) is 12.4 Å². The Morgan fingerprint density at radius 1 is 1.62 bits per heavy atom. The number of halogens is 3. The normalized spacial score (nSPS) is 10.1. The third kappa shape index (κ3) is 5.53. The van der Waals surface area contributed by atoms with Gasteiger partial charge in [-0.3, -0.25) is 5.10 Å². The number of aliphatic carboxylic acids is 1. The number of carboxylic acids is 1. The molecule has 0 aromatic carbocycles. The smallest absolute Gasteiger partial charge is 0.475 e. The highest BCUT2D eigenvalue weighted by Gasteiger charge is 2.38. The van der Waals surface area contributed by atoms with Crippen molar-refractivity contribution in [3.8, 4) is 0 Å². The van der Waals surface area contributed by atoms with Crippen LogP contribution in [0, 0.1) is 0 Å². The fourth-order valence-electron chi connectivity index (χ4n) is 0.261. The second kappa shape index (κ2) is 4.33. The predicted molar refractivity (Wildman–Crippen MR) is 36.7 cm³/mol. The highest BCUT2D eigenvalue weighted by molar-refractivity contribution is 5.73. The Kier molecular flexibility index (Phi) is 3.76. The number of H-pyrrole nitrogens is 1. The van der Waals surface area contributed by atoms with Crippen LogP contribution in [-0.2, 0) is 4.79 Å². The van der Waals surface area contributed by atoms with Gasteiger partial charge in [0, 0.05) is 6.20 Å². The molecule has 1 aromatic heterocycles. The molecule has 0 saturated carbocycles. The fraction of sp³-hybridized carbons (Fsp3) is 0.200. The van der Waals surface area contributed by atoms with Crippen LogP contribution in [0.1, 0.15) is 0 Å². The molecule has 0 saturated heterocycles. The van der Waals surface area contributed by atoms with Gasteiger partial charge in [-0.05, 0) is 0 Å². The van der Waals surface area contributed by atoms with E-state index in [0.29, 0.717) is 5.69 Å². The number of carbonyl (C=O) groups is 1. The van der Waals surface area contributed by atoms with Crippen molar-refractivity contribution >= 4 is 11.7 Å². The van der Waals surface area contributed by atoms with Crippen molar-refractivity contribution in [3.63, 3.8) is 0 Å². The predicted octanol–water partition coefficient (Wildman–Crippen LogP) is 0.625. The maximum atomic E-state index is 10.6. The van der Waals surface area contributed by atoms with E-state index in [-0.39, 0.29) is 0 Å². The van der Waals surface area contributed by atoms with Crippen molar-refractivity contribution in [1.29, 1.82) is 0 Å². The maximum absolute atomic E-state index is 10.6. The summed E-state index contributed by atoms with van der Waals surface area (Å²) in [7, 11) is 0. The zero-order chi connectivity index (χ0) is 10.5. The minimum atomic E-state index is -5.08. The minimum Gasteiger partial charge on any atom is -0.475 e. The first-order valence-corrected chi connectivity index (χ1v) is 2.88. The number of nitrogens with one attached hydrogen (secondary N) is 1. The molecule has 0 aliphatic carbocycles. The molecule has 4 N–H and O–H groups in total. The molecule has 0 amide bonds. The van der Waals surface area contributed by atoms with Crippen molar-refractivity contribution in [2.45, 2.75) is 6.18 Å². The molecular weight excluding hydrogens is 191 g/mol. The van der Waals surface area contributed by atoms with Gasteiger partial charge < -0.3 is 10.8 Å². The first kappa shape index (κ1) is 11.3. The van der Waals surface area contributed by atoms with Crippen molar-refractivity contribution in [3.05, 3.63) is 12.4 Å². The van der Waals surface area contributed by atoms with Crippen LogP contribution in [0.15, 0.2) is 12.4 Å². The number of hydrogen-bond acceptors (Lipinski definition) is 3. The molecule has 0 radical (unpaired) electrons. The topological polar surface area (TPSA) is 92.0 Å². The van der Waals surface area contributed by atoms with Crippen LogP contribution in [0.25, 0.3) is 0 Å². The number of nitrogens with two attached hydrogens (primary N) is 1. The molecular formula is C5H6F3N3O2. The van der Waals surface area contributed by atoms with Gasteiger partial charge >= 0.3 is 12.1 Å². The lowest BCUT2D eigenvalue weighted by Gasteiger charge is -1.93. The molecule has 0 atom stereocenters. The molecule has 8 heteroatoms. The van der Waals surface area contributed by atoms with Gasteiger partial charge in [-0.1, -0.05) is 0 Å². The highest BCUT2D eigenvalue weighted by atomic mass is 19.4. The number of aromatic nitrogens is 2. The Bertz CT molecular complexity index is 256. The maximum Gasteiger partial charge on any atom is 0.490 e. The van der Waals surface area contributed by atoms with Gasteiger partial charge in [0.2, 0.25) is 0 Å². The third-order valence-corrected chi connectivity index (χ3v) is 0.762. The van der Waals surface area contributed by atoms with Crippen molar-refractivity contribution in [2.75, 3.05) is 5.73 Å². The van der Waals surface area contributed by atoms with Crippen LogP contribution in [-0.4, -0.2) is 27.4 Å². The van der Waals surface area contributed by atoms with E-state index in [9.17, 15) is 13.2 Å². The summed E-state index contributed by atoms with van der Waals surface area (Å²) in [5, 5.41) is 13.3. The molecule has 0 aliphatic heterocycles. The average molecular weight is 197 g/mol. The molecule has 0 bridgehead atoms. The second-order valence-corrected chi connectivity index (χ2v) is 1.83. The highest BCUT2D eigenvalue weighted by Crippen LogP contribution is 2.13. The van der Waals surface area contributed by atoms with Gasteiger partial charge in [0.05, 0.1) is 11.9 Å². The minimum absolute atomic E-state index is 0.676. The largest absolute Gasteiger partial charge is 0.490 e. The van der Waals surface area contributed by atoms with Crippen LogP contribution < -0.4 is 5.73 Å². The van der Waals surface area contributed by atoms with Crippen molar-refractivity contribution in [1.82, 2.24) is 10.2 Å². The molecule has 0 fully saturated rings. The van der Waals surface area contributed by atoms with Crippen LogP contribution in [0.3, 0.4) is 0 Å². The molecule has 0 aliphatic rings. The second-order valence-electron chi connectivity index (χ2n) is 1.83. The number of aromatic amines is 1. The Hall–Kier alpha value is -1.73. The summed E-state index contributed by atoms with van der Waals surface area (Å²) in [6.45, 7) is 0. The summed E-state index contributed by atoms with van der Waals surface area (Å²) in [4.78, 5) is 8.90. The number of hydrogen-bond donors (Lipinski definition) is 3. The van der Waals surface area contributed by atoms with Crippen molar-refractivity contribution in [2.24, 2.45) is 0 Å². The number of anilines is 1. The molecule has 1 heterocycles. The summed E-state index contributed by atoms with van der Waals surface area (Å²) in [5.74, 6) is -2.76. The van der Waals surface area contributed by atoms with E-state index in [1.807, 2.05) is 0 Å². The Balaban J connectivity index is 0.000000223. The van der Waals surface area contributed by atoms with Crippen LogP contribution in [0.4, 0.5) is 18.9 Å². The average Bonchev–Trinajstić information content (AvgIpc) is 2.38. The quantitative estimate of drug-likeness (QED) is 0.568. The van der Waals surface area contributed by atoms with Crippen LogP contribution in [0.5, 0.6) is 0 Å². The van der Waals surface area contributed by atoms with Crippen molar-refractivity contribution < 1.29 is 23.1 Å². The van der Waals surface area contributed by atoms with Gasteiger partial charge in [-0.15, -0.1) is 0 Å². The van der Waals surface area contributed by atoms with Gasteiger partial charge in [-0.25, -0.2) is 4.79 Å². The molecule has 1 aromatic rings. The summed E-state index contributed by atoms with van der Waals surface area (Å²) in [6, 6.07) is 0. The Morgan fingerprint density at radius 3 is 2.15 bits per heavy atom. The summed E-state index contributed by atoms with van der Waals surface area (Å²) in [5.41, 5.74) is 5.86. The standard InChI is InChI=1S/C3H5N3.C2HF3O2/c4-3-1-5-6-2-3;3-2(4,5)1(6)7/h1-2H,4H2,(H,5,6);(H,6,7). The summed E-state index contributed by atoms with van der Waals surface area (Å²) in [6.07, 6.45) is -1.90. The van der Waals surface area contributed by atoms with Gasteiger partial charge in [0.25, 0.3) is 0 Å². The lowest BCUT2D eigenvalue weighted by atomic mass is 10.6. The van der Waals surface area contributed by atoms with Crippen LogP contribution in [0.2, 0.25) is 0 Å².